The van der Waals surface area contributed by atoms with E-state index in [1.807, 2.05) is 66.7 Å². The Morgan fingerprint density at radius 2 is 1.33 bits per heavy atom. The van der Waals surface area contributed by atoms with Gasteiger partial charge < -0.3 is 34.7 Å². The second kappa shape index (κ2) is 18.2. The van der Waals surface area contributed by atoms with E-state index in [0.717, 1.165) is 15.7 Å². The SMILES string of the molecule is NCCOCCOCCOCCOCCOc1ccc(NC(=O)c2cn(-c3ccccc3)nc2-c2ccc(Br)cc2)cc1. The number of aromatic nitrogens is 2. The maximum atomic E-state index is 13.4. The van der Waals surface area contributed by atoms with Crippen molar-refractivity contribution in [3.63, 3.8) is 0 Å². The van der Waals surface area contributed by atoms with E-state index in [0.29, 0.717) is 88.7 Å². The molecule has 43 heavy (non-hydrogen) atoms. The van der Waals surface area contributed by atoms with Gasteiger partial charge in [0.25, 0.3) is 5.91 Å². The van der Waals surface area contributed by atoms with Crippen LogP contribution >= 0.6 is 15.9 Å². The van der Waals surface area contributed by atoms with Crippen LogP contribution in [0.25, 0.3) is 16.9 Å². The zero-order valence-corrected chi connectivity index (χ0v) is 25.5. The first-order valence-electron chi connectivity index (χ1n) is 14.1. The molecule has 0 aliphatic heterocycles. The van der Waals surface area contributed by atoms with Crippen molar-refractivity contribution in [2.45, 2.75) is 0 Å². The first-order valence-corrected chi connectivity index (χ1v) is 14.9. The monoisotopic (exact) mass is 652 g/mol. The Morgan fingerprint density at radius 1 is 0.744 bits per heavy atom. The van der Waals surface area contributed by atoms with E-state index in [2.05, 4.69) is 21.2 Å². The quantitative estimate of drug-likeness (QED) is 0.137. The predicted molar refractivity (Wildman–Crippen MR) is 169 cm³/mol. The van der Waals surface area contributed by atoms with E-state index in [1.54, 1.807) is 23.0 Å². The average molecular weight is 654 g/mol. The Balaban J connectivity index is 1.20. The maximum Gasteiger partial charge on any atom is 0.259 e. The van der Waals surface area contributed by atoms with Crippen molar-refractivity contribution < 1.29 is 28.5 Å². The zero-order valence-electron chi connectivity index (χ0n) is 24.0. The molecule has 228 valence electrons. The average Bonchev–Trinajstić information content (AvgIpc) is 3.49. The minimum Gasteiger partial charge on any atom is -0.491 e. The first-order chi connectivity index (χ1) is 21.1. The number of para-hydroxylation sites is 1. The fourth-order valence-corrected chi connectivity index (χ4v) is 4.23. The van der Waals surface area contributed by atoms with Crippen LogP contribution in [0.5, 0.6) is 5.75 Å². The molecule has 0 aliphatic rings. The van der Waals surface area contributed by atoms with Crippen molar-refractivity contribution in [2.24, 2.45) is 5.73 Å². The minimum atomic E-state index is -0.257. The summed E-state index contributed by atoms with van der Waals surface area (Å²) < 4.78 is 30.1. The number of anilines is 1. The smallest absolute Gasteiger partial charge is 0.259 e. The van der Waals surface area contributed by atoms with Gasteiger partial charge in [-0.25, -0.2) is 4.68 Å². The first kappa shape index (κ1) is 32.3. The molecule has 11 heteroatoms. The molecule has 10 nitrogen and oxygen atoms in total. The van der Waals surface area contributed by atoms with Crippen LogP contribution in [0, 0.1) is 0 Å². The van der Waals surface area contributed by atoms with E-state index >= 15 is 0 Å². The highest BCUT2D eigenvalue weighted by atomic mass is 79.9. The Hall–Kier alpha value is -3.58. The van der Waals surface area contributed by atoms with E-state index in [9.17, 15) is 4.79 Å². The number of halogens is 1. The molecule has 0 fully saturated rings. The van der Waals surface area contributed by atoms with Crippen LogP contribution in [-0.2, 0) is 18.9 Å². The van der Waals surface area contributed by atoms with Crippen molar-refractivity contribution in [3.05, 3.63) is 95.1 Å². The third-order valence-electron chi connectivity index (χ3n) is 6.08. The van der Waals surface area contributed by atoms with Crippen LogP contribution in [0.3, 0.4) is 0 Å². The van der Waals surface area contributed by atoms with Crippen molar-refractivity contribution >= 4 is 27.5 Å². The molecule has 1 heterocycles. The Morgan fingerprint density at radius 3 is 1.93 bits per heavy atom. The molecule has 4 aromatic rings. The highest BCUT2D eigenvalue weighted by molar-refractivity contribution is 9.10. The lowest BCUT2D eigenvalue weighted by Crippen LogP contribution is -2.15. The minimum absolute atomic E-state index is 0.257. The van der Waals surface area contributed by atoms with Gasteiger partial charge in [-0.05, 0) is 48.5 Å². The standard InChI is InChI=1S/C32H37BrN4O6/c33-26-8-6-25(7-9-26)31-30(24-37(36-31)28-4-2-1-3-5-28)32(38)35-27-10-12-29(13-11-27)43-23-22-42-21-20-41-19-18-40-17-16-39-15-14-34/h1-13,24H,14-23,34H2,(H,35,38). The molecule has 3 N–H and O–H groups in total. The molecule has 1 aromatic heterocycles. The summed E-state index contributed by atoms with van der Waals surface area (Å²) in [5.74, 6) is 0.422. The predicted octanol–water partition coefficient (Wildman–Crippen LogP) is 4.96. The number of amides is 1. The largest absolute Gasteiger partial charge is 0.491 e. The Bertz CT molecular complexity index is 1370. The Labute approximate surface area is 260 Å². The zero-order chi connectivity index (χ0) is 30.1. The summed E-state index contributed by atoms with van der Waals surface area (Å²) in [7, 11) is 0. The van der Waals surface area contributed by atoms with Gasteiger partial charge in [0.2, 0.25) is 0 Å². The number of nitrogens with zero attached hydrogens (tertiary/aromatic N) is 2. The van der Waals surface area contributed by atoms with Crippen molar-refractivity contribution in [2.75, 3.05) is 71.3 Å². The Kier molecular flexibility index (Phi) is 13.7. The van der Waals surface area contributed by atoms with Gasteiger partial charge in [0.1, 0.15) is 18.1 Å². The van der Waals surface area contributed by atoms with Crippen molar-refractivity contribution in [1.82, 2.24) is 9.78 Å². The number of hydrogen-bond acceptors (Lipinski definition) is 8. The molecule has 0 unspecified atom stereocenters. The highest BCUT2D eigenvalue weighted by Crippen LogP contribution is 2.26. The van der Waals surface area contributed by atoms with Gasteiger partial charge in [-0.15, -0.1) is 0 Å². The molecule has 0 bridgehead atoms. The number of ether oxygens (including phenoxy) is 5. The number of carbonyl (C=O) groups excluding carboxylic acids is 1. The number of carbonyl (C=O) groups is 1. The van der Waals surface area contributed by atoms with E-state index in [-0.39, 0.29) is 5.91 Å². The molecule has 0 radical (unpaired) electrons. The second-order valence-electron chi connectivity index (χ2n) is 9.24. The van der Waals surface area contributed by atoms with E-state index in [1.165, 1.54) is 0 Å². The number of hydrogen-bond donors (Lipinski definition) is 2. The van der Waals surface area contributed by atoms with Gasteiger partial charge in [-0.2, -0.15) is 5.10 Å². The van der Waals surface area contributed by atoms with Gasteiger partial charge >= 0.3 is 0 Å². The van der Waals surface area contributed by atoms with Gasteiger partial charge in [0.15, 0.2) is 0 Å². The van der Waals surface area contributed by atoms with Crippen LogP contribution in [0.2, 0.25) is 0 Å². The fraction of sp³-hybridized carbons (Fsp3) is 0.312. The number of benzene rings is 3. The maximum absolute atomic E-state index is 13.4. The molecule has 0 spiro atoms. The summed E-state index contributed by atoms with van der Waals surface area (Å²) in [6.45, 7) is 4.91. The summed E-state index contributed by atoms with van der Waals surface area (Å²) in [6, 6.07) is 24.6. The van der Waals surface area contributed by atoms with E-state index in [4.69, 9.17) is 34.5 Å². The lowest BCUT2D eigenvalue weighted by atomic mass is 10.1. The molecule has 1 amide bonds. The lowest BCUT2D eigenvalue weighted by Gasteiger charge is -2.09. The van der Waals surface area contributed by atoms with Crippen LogP contribution in [-0.4, -0.2) is 81.7 Å². The van der Waals surface area contributed by atoms with Gasteiger partial charge in [0, 0.05) is 28.5 Å². The third kappa shape index (κ3) is 10.9. The van der Waals surface area contributed by atoms with Gasteiger partial charge in [-0.1, -0.05) is 46.3 Å². The number of rotatable bonds is 19. The fourth-order valence-electron chi connectivity index (χ4n) is 3.97. The highest BCUT2D eigenvalue weighted by Gasteiger charge is 2.19. The summed E-state index contributed by atoms with van der Waals surface area (Å²) in [5, 5.41) is 7.71. The van der Waals surface area contributed by atoms with Gasteiger partial charge in [0.05, 0.1) is 64.1 Å². The molecule has 3 aromatic carbocycles. The van der Waals surface area contributed by atoms with Crippen LogP contribution in [0.1, 0.15) is 10.4 Å². The van der Waals surface area contributed by atoms with Crippen LogP contribution in [0.15, 0.2) is 89.5 Å². The molecule has 0 aliphatic carbocycles. The summed E-state index contributed by atoms with van der Waals surface area (Å²) in [4.78, 5) is 13.4. The normalized spacial score (nSPS) is 11.0. The second-order valence-corrected chi connectivity index (χ2v) is 10.2. The molecule has 0 atom stereocenters. The lowest BCUT2D eigenvalue weighted by molar-refractivity contribution is -0.00386. The molecular weight excluding hydrogens is 616 g/mol. The summed E-state index contributed by atoms with van der Waals surface area (Å²) in [5.41, 5.74) is 8.76. The molecule has 4 rings (SSSR count). The van der Waals surface area contributed by atoms with Crippen molar-refractivity contribution in [3.8, 4) is 22.7 Å². The molecular formula is C32H37BrN4O6. The third-order valence-corrected chi connectivity index (χ3v) is 6.61. The number of nitrogens with one attached hydrogen (secondary N) is 1. The van der Waals surface area contributed by atoms with Crippen LogP contribution in [0.4, 0.5) is 5.69 Å². The molecule has 0 saturated heterocycles. The summed E-state index contributed by atoms with van der Waals surface area (Å²) >= 11 is 3.47. The molecule has 0 saturated carbocycles. The van der Waals surface area contributed by atoms with E-state index < -0.39 is 0 Å². The van der Waals surface area contributed by atoms with Gasteiger partial charge in [-0.3, -0.25) is 4.79 Å². The topological polar surface area (TPSA) is 119 Å². The van der Waals surface area contributed by atoms with Crippen molar-refractivity contribution in [1.29, 1.82) is 0 Å². The summed E-state index contributed by atoms with van der Waals surface area (Å²) in [6.07, 6.45) is 1.75. The van der Waals surface area contributed by atoms with Crippen LogP contribution < -0.4 is 15.8 Å². The number of nitrogens with two attached hydrogens (primary N) is 1.